The van der Waals surface area contributed by atoms with Crippen molar-refractivity contribution in [2.75, 3.05) is 66.1 Å². The van der Waals surface area contributed by atoms with Gasteiger partial charge in [0.25, 0.3) is 0 Å². The molecule has 170 valence electrons. The van der Waals surface area contributed by atoms with Gasteiger partial charge in [0.15, 0.2) is 0 Å². The maximum absolute atomic E-state index is 13.1. The van der Waals surface area contributed by atoms with Gasteiger partial charge in [-0.25, -0.2) is 13.1 Å². The molecule has 0 spiro atoms. The molecule has 3 rings (SSSR count). The number of anilines is 1. The third-order valence-corrected chi connectivity index (χ3v) is 6.87. The lowest BCUT2D eigenvalue weighted by Gasteiger charge is -2.35. The highest BCUT2D eigenvalue weighted by Crippen LogP contribution is 2.29. The molecule has 2 aromatic rings. The highest BCUT2D eigenvalue weighted by atomic mass is 32.2. The molecule has 1 saturated heterocycles. The van der Waals surface area contributed by atoms with Crippen LogP contribution in [0.1, 0.15) is 11.6 Å². The van der Waals surface area contributed by atoms with Crippen molar-refractivity contribution < 1.29 is 22.6 Å². The molecule has 2 aromatic carbocycles. The highest BCUT2D eigenvalue weighted by Gasteiger charge is 2.26. The van der Waals surface area contributed by atoms with Gasteiger partial charge in [0, 0.05) is 51.5 Å². The summed E-state index contributed by atoms with van der Waals surface area (Å²) in [6, 6.07) is 12.8. The third-order valence-electron chi connectivity index (χ3n) is 5.41. The first-order valence-corrected chi connectivity index (χ1v) is 11.6. The van der Waals surface area contributed by atoms with Crippen molar-refractivity contribution in [2.24, 2.45) is 0 Å². The van der Waals surface area contributed by atoms with Gasteiger partial charge in [0.2, 0.25) is 10.0 Å². The lowest BCUT2D eigenvalue weighted by atomic mass is 10.0. The number of benzene rings is 2. The minimum atomic E-state index is -3.79. The Hall–Kier alpha value is -2.33. The number of rotatable bonds is 9. The molecule has 0 aromatic heterocycles. The van der Waals surface area contributed by atoms with Crippen LogP contribution in [-0.4, -0.2) is 74.5 Å². The molecule has 1 atom stereocenters. The van der Waals surface area contributed by atoms with E-state index in [1.165, 1.54) is 20.3 Å². The van der Waals surface area contributed by atoms with Gasteiger partial charge in [0.05, 0.1) is 27.4 Å². The molecule has 0 amide bonds. The molecule has 0 saturated carbocycles. The standard InChI is InChI=1S/C22H31N3O5S/c1-24(2)18-7-5-17(6-8-18)20(25-11-13-30-14-12-25)16-23-31(26,27)22-10-9-19(28-3)15-21(22)29-4/h5-10,15,20,23H,11-14,16H2,1-4H3. The Morgan fingerprint density at radius 1 is 1.06 bits per heavy atom. The van der Waals surface area contributed by atoms with Crippen LogP contribution in [0.3, 0.4) is 0 Å². The number of nitrogens with zero attached hydrogens (tertiary/aromatic N) is 2. The minimum Gasteiger partial charge on any atom is -0.497 e. The zero-order valence-corrected chi connectivity index (χ0v) is 19.3. The Morgan fingerprint density at radius 3 is 2.32 bits per heavy atom. The minimum absolute atomic E-state index is 0.0829. The average Bonchev–Trinajstić information content (AvgIpc) is 2.79. The maximum Gasteiger partial charge on any atom is 0.244 e. The van der Waals surface area contributed by atoms with Crippen molar-refractivity contribution in [1.29, 1.82) is 0 Å². The third kappa shape index (κ3) is 5.68. The smallest absolute Gasteiger partial charge is 0.244 e. The Morgan fingerprint density at radius 2 is 1.74 bits per heavy atom. The second kappa shape index (κ2) is 10.3. The number of nitrogens with one attached hydrogen (secondary N) is 1. The van der Waals surface area contributed by atoms with Gasteiger partial charge in [-0.15, -0.1) is 0 Å². The van der Waals surface area contributed by atoms with E-state index < -0.39 is 10.0 Å². The Balaban J connectivity index is 1.84. The van der Waals surface area contributed by atoms with Crippen molar-refractivity contribution in [1.82, 2.24) is 9.62 Å². The highest BCUT2D eigenvalue weighted by molar-refractivity contribution is 7.89. The van der Waals surface area contributed by atoms with Gasteiger partial charge in [-0.1, -0.05) is 12.1 Å². The van der Waals surface area contributed by atoms with Crippen molar-refractivity contribution in [3.05, 3.63) is 48.0 Å². The van der Waals surface area contributed by atoms with Crippen LogP contribution in [0.2, 0.25) is 0 Å². The van der Waals surface area contributed by atoms with Gasteiger partial charge >= 0.3 is 0 Å². The quantitative estimate of drug-likeness (QED) is 0.628. The Labute approximate surface area is 184 Å². The molecule has 1 aliphatic rings. The fourth-order valence-corrected chi connectivity index (χ4v) is 4.79. The zero-order valence-electron chi connectivity index (χ0n) is 18.5. The molecule has 0 aliphatic carbocycles. The van der Waals surface area contributed by atoms with Crippen molar-refractivity contribution in [3.8, 4) is 11.5 Å². The van der Waals surface area contributed by atoms with Crippen LogP contribution in [0.5, 0.6) is 11.5 Å². The molecule has 8 nitrogen and oxygen atoms in total. The van der Waals surface area contributed by atoms with Crippen LogP contribution in [0, 0.1) is 0 Å². The van der Waals surface area contributed by atoms with E-state index in [9.17, 15) is 8.42 Å². The topological polar surface area (TPSA) is 80.3 Å². The molecule has 9 heteroatoms. The molecule has 1 N–H and O–H groups in total. The predicted octanol–water partition coefficient (Wildman–Crippen LogP) is 2.12. The number of hydrogen-bond acceptors (Lipinski definition) is 7. The van der Waals surface area contributed by atoms with E-state index in [-0.39, 0.29) is 23.2 Å². The lowest BCUT2D eigenvalue weighted by Crippen LogP contribution is -2.43. The first-order valence-electron chi connectivity index (χ1n) is 10.2. The lowest BCUT2D eigenvalue weighted by molar-refractivity contribution is 0.0172. The first-order chi connectivity index (χ1) is 14.9. The fourth-order valence-electron chi connectivity index (χ4n) is 3.60. The normalized spacial score (nSPS) is 16.0. The van der Waals surface area contributed by atoms with E-state index in [0.29, 0.717) is 19.0 Å². The predicted molar refractivity (Wildman–Crippen MR) is 121 cm³/mol. The number of morpholine rings is 1. The summed E-state index contributed by atoms with van der Waals surface area (Å²) in [5.41, 5.74) is 2.14. The molecule has 1 fully saturated rings. The maximum atomic E-state index is 13.1. The van der Waals surface area contributed by atoms with Crippen molar-refractivity contribution >= 4 is 15.7 Å². The van der Waals surface area contributed by atoms with E-state index in [1.54, 1.807) is 12.1 Å². The molecule has 1 aliphatic heterocycles. The summed E-state index contributed by atoms with van der Waals surface area (Å²) in [6.07, 6.45) is 0. The molecule has 1 unspecified atom stereocenters. The molecular formula is C22H31N3O5S. The summed E-state index contributed by atoms with van der Waals surface area (Å²) >= 11 is 0. The monoisotopic (exact) mass is 449 g/mol. The average molecular weight is 450 g/mol. The molecule has 0 radical (unpaired) electrons. The summed E-state index contributed by atoms with van der Waals surface area (Å²) in [4.78, 5) is 4.37. The van der Waals surface area contributed by atoms with Crippen LogP contribution in [0.25, 0.3) is 0 Å². The van der Waals surface area contributed by atoms with E-state index >= 15 is 0 Å². The van der Waals surface area contributed by atoms with Gasteiger partial charge < -0.3 is 19.1 Å². The van der Waals surface area contributed by atoms with Gasteiger partial charge in [-0.3, -0.25) is 4.90 Å². The van der Waals surface area contributed by atoms with Crippen LogP contribution < -0.4 is 19.1 Å². The summed E-state index contributed by atoms with van der Waals surface area (Å²) in [6.45, 7) is 2.98. The van der Waals surface area contributed by atoms with E-state index in [1.807, 2.05) is 31.1 Å². The zero-order chi connectivity index (χ0) is 22.4. The van der Waals surface area contributed by atoms with Crippen LogP contribution in [-0.2, 0) is 14.8 Å². The summed E-state index contributed by atoms with van der Waals surface area (Å²) < 4.78 is 44.9. The summed E-state index contributed by atoms with van der Waals surface area (Å²) in [5, 5.41) is 0. The molecule has 0 bridgehead atoms. The Kier molecular flexibility index (Phi) is 7.77. The molecule has 1 heterocycles. The molecular weight excluding hydrogens is 418 g/mol. The van der Waals surface area contributed by atoms with Gasteiger partial charge in [0.1, 0.15) is 16.4 Å². The SMILES string of the molecule is COc1ccc(S(=O)(=O)NCC(c2ccc(N(C)C)cc2)N2CCOCC2)c(OC)c1. The van der Waals surface area contributed by atoms with Crippen molar-refractivity contribution in [2.45, 2.75) is 10.9 Å². The van der Waals surface area contributed by atoms with Crippen LogP contribution in [0.15, 0.2) is 47.4 Å². The van der Waals surface area contributed by atoms with Crippen molar-refractivity contribution in [3.63, 3.8) is 0 Å². The first kappa shape index (κ1) is 23.3. The number of sulfonamides is 1. The Bertz CT molecular complexity index is 958. The van der Waals surface area contributed by atoms with E-state index in [0.717, 1.165) is 24.3 Å². The molecule has 31 heavy (non-hydrogen) atoms. The second-order valence-corrected chi connectivity index (χ2v) is 9.25. The van der Waals surface area contributed by atoms with Gasteiger partial charge in [-0.05, 0) is 29.8 Å². The number of ether oxygens (including phenoxy) is 3. The van der Waals surface area contributed by atoms with Crippen LogP contribution in [0.4, 0.5) is 5.69 Å². The number of methoxy groups -OCH3 is 2. The van der Waals surface area contributed by atoms with E-state index in [4.69, 9.17) is 14.2 Å². The van der Waals surface area contributed by atoms with Crippen LogP contribution >= 0.6 is 0 Å². The summed E-state index contributed by atoms with van der Waals surface area (Å²) in [7, 11) is 3.16. The van der Waals surface area contributed by atoms with Gasteiger partial charge in [-0.2, -0.15) is 0 Å². The largest absolute Gasteiger partial charge is 0.497 e. The fraction of sp³-hybridized carbons (Fsp3) is 0.455. The second-order valence-electron chi connectivity index (χ2n) is 7.52. The summed E-state index contributed by atoms with van der Waals surface area (Å²) in [5.74, 6) is 0.771. The number of hydrogen-bond donors (Lipinski definition) is 1. The van der Waals surface area contributed by atoms with E-state index in [2.05, 4.69) is 21.8 Å².